The number of carbonyl (C=O) groups excluding carboxylic acids is 1. The third-order valence-electron chi connectivity index (χ3n) is 3.37. The summed E-state index contributed by atoms with van der Waals surface area (Å²) in [7, 11) is 0. The number of nitrogens with zero attached hydrogens (tertiary/aromatic N) is 1. The maximum Gasteiger partial charge on any atom is 0.203 e. The van der Waals surface area contributed by atoms with E-state index in [-0.39, 0.29) is 20.8 Å². The van der Waals surface area contributed by atoms with E-state index in [0.29, 0.717) is 11.3 Å². The van der Waals surface area contributed by atoms with Crippen molar-refractivity contribution in [2.24, 2.45) is 0 Å². The zero-order chi connectivity index (χ0) is 15.1. The molecule has 0 saturated heterocycles. The van der Waals surface area contributed by atoms with Gasteiger partial charge < -0.3 is 9.08 Å². The first-order chi connectivity index (χ1) is 10.0. The summed E-state index contributed by atoms with van der Waals surface area (Å²) < 4.78 is 31.3. The lowest BCUT2D eigenvalue weighted by Crippen LogP contribution is -2.12. The first-order valence-electron chi connectivity index (χ1n) is 6.31. The third kappa shape index (κ3) is 2.65. The second-order valence-corrected chi connectivity index (χ2v) is 7.07. The molecular weight excluding hydrogens is 361 g/mol. The largest absolute Gasteiger partial charge is 0.612 e. The summed E-state index contributed by atoms with van der Waals surface area (Å²) in [6, 6.07) is 2.90. The van der Waals surface area contributed by atoms with Crippen molar-refractivity contribution in [2.75, 3.05) is 6.26 Å². The molecule has 110 valence electrons. The van der Waals surface area contributed by atoms with Gasteiger partial charge in [-0.05, 0) is 52.1 Å². The van der Waals surface area contributed by atoms with Crippen LogP contribution in [0.4, 0.5) is 4.39 Å². The molecule has 1 fully saturated rings. The van der Waals surface area contributed by atoms with E-state index in [1.807, 2.05) is 0 Å². The molecule has 1 aliphatic carbocycles. The predicted octanol–water partition coefficient (Wildman–Crippen LogP) is 3.42. The lowest BCUT2D eigenvalue weighted by molar-refractivity contribution is 0.103. The van der Waals surface area contributed by atoms with Crippen LogP contribution in [0, 0.1) is 5.82 Å². The van der Waals surface area contributed by atoms with Crippen LogP contribution in [0.2, 0.25) is 0 Å². The second-order valence-electron chi connectivity index (χ2n) is 4.90. The average molecular weight is 372 g/mol. The number of carbonyl (C=O) groups is 1. The van der Waals surface area contributed by atoms with Crippen molar-refractivity contribution < 1.29 is 18.3 Å². The van der Waals surface area contributed by atoms with Crippen molar-refractivity contribution in [3.63, 3.8) is 0 Å². The van der Waals surface area contributed by atoms with Crippen LogP contribution in [0.1, 0.15) is 40.4 Å². The summed E-state index contributed by atoms with van der Waals surface area (Å²) in [6.45, 7) is 0. The van der Waals surface area contributed by atoms with Crippen LogP contribution < -0.4 is 0 Å². The van der Waals surface area contributed by atoms with E-state index in [2.05, 4.69) is 21.1 Å². The number of aromatic nitrogens is 1. The van der Waals surface area contributed by atoms with Crippen LogP contribution in [0.5, 0.6) is 0 Å². The molecule has 0 bridgehead atoms. The van der Waals surface area contributed by atoms with E-state index in [1.54, 1.807) is 0 Å². The maximum absolute atomic E-state index is 14.2. The normalized spacial score (nSPS) is 16.0. The van der Waals surface area contributed by atoms with Crippen molar-refractivity contribution >= 4 is 32.9 Å². The molecule has 0 spiro atoms. The molecule has 1 aromatic carbocycles. The predicted molar refractivity (Wildman–Crippen MR) is 78.3 cm³/mol. The lowest BCUT2D eigenvalue weighted by atomic mass is 10.0. The van der Waals surface area contributed by atoms with Gasteiger partial charge in [-0.3, -0.25) is 4.79 Å². The molecule has 1 atom stereocenters. The fraction of sp³-hybridized carbons (Fsp3) is 0.286. The van der Waals surface area contributed by atoms with Gasteiger partial charge in [-0.25, -0.2) is 4.39 Å². The Morgan fingerprint density at radius 1 is 1.48 bits per heavy atom. The highest BCUT2D eigenvalue weighted by molar-refractivity contribution is 9.10. The smallest absolute Gasteiger partial charge is 0.203 e. The van der Waals surface area contributed by atoms with Crippen LogP contribution >= 0.6 is 15.9 Å². The second kappa shape index (κ2) is 5.55. The van der Waals surface area contributed by atoms with Gasteiger partial charge in [-0.2, -0.15) is 0 Å². The Kier molecular flexibility index (Phi) is 3.90. The molecule has 7 heteroatoms. The number of hydrogen-bond acceptors (Lipinski definition) is 4. The number of halogens is 2. The van der Waals surface area contributed by atoms with E-state index in [0.717, 1.165) is 12.8 Å². The Morgan fingerprint density at radius 2 is 2.19 bits per heavy atom. The van der Waals surface area contributed by atoms with E-state index >= 15 is 0 Å². The monoisotopic (exact) mass is 371 g/mol. The van der Waals surface area contributed by atoms with Crippen LogP contribution in [-0.4, -0.2) is 21.7 Å². The third-order valence-corrected chi connectivity index (χ3v) is 4.96. The van der Waals surface area contributed by atoms with Gasteiger partial charge in [0.25, 0.3) is 0 Å². The zero-order valence-electron chi connectivity index (χ0n) is 11.1. The van der Waals surface area contributed by atoms with Gasteiger partial charge >= 0.3 is 0 Å². The molecule has 0 N–H and O–H groups in total. The van der Waals surface area contributed by atoms with Gasteiger partial charge in [-0.1, -0.05) is 5.16 Å². The Hall–Kier alpha value is -1.18. The molecule has 0 radical (unpaired) electrons. The van der Waals surface area contributed by atoms with E-state index in [9.17, 15) is 13.7 Å². The van der Waals surface area contributed by atoms with Gasteiger partial charge in [0.2, 0.25) is 5.78 Å². The van der Waals surface area contributed by atoms with Crippen molar-refractivity contribution in [2.45, 2.75) is 23.7 Å². The van der Waals surface area contributed by atoms with Crippen molar-refractivity contribution in [3.05, 3.63) is 45.5 Å². The highest BCUT2D eigenvalue weighted by Gasteiger charge is 2.34. The summed E-state index contributed by atoms with van der Waals surface area (Å²) in [5.41, 5.74) is 0.410. The Labute approximate surface area is 132 Å². The molecule has 0 aliphatic heterocycles. The number of rotatable bonds is 4. The molecule has 1 aliphatic rings. The number of benzene rings is 1. The molecule has 1 aromatic heterocycles. The molecule has 2 aromatic rings. The molecule has 1 heterocycles. The van der Waals surface area contributed by atoms with Crippen LogP contribution in [0.3, 0.4) is 0 Å². The van der Waals surface area contributed by atoms with Gasteiger partial charge in [0, 0.05) is 5.92 Å². The SMILES string of the molecule is C[S+]([O-])c1c(C(=O)c2cnoc2C2CC2)ccc(Br)c1F. The fourth-order valence-corrected chi connectivity index (χ4v) is 3.49. The molecular formula is C14H11BrFNO3S. The molecule has 3 rings (SSSR count). The molecule has 0 amide bonds. The highest BCUT2D eigenvalue weighted by atomic mass is 79.9. The van der Waals surface area contributed by atoms with Gasteiger partial charge in [0.15, 0.2) is 16.5 Å². The minimum Gasteiger partial charge on any atom is -0.612 e. The summed E-state index contributed by atoms with van der Waals surface area (Å²) >= 11 is 1.42. The first-order valence-corrected chi connectivity index (χ1v) is 8.66. The molecule has 1 unspecified atom stereocenters. The van der Waals surface area contributed by atoms with Crippen LogP contribution in [-0.2, 0) is 11.2 Å². The summed E-state index contributed by atoms with van der Waals surface area (Å²) in [6.07, 6.45) is 4.60. The summed E-state index contributed by atoms with van der Waals surface area (Å²) in [5.74, 6) is -0.334. The molecule has 21 heavy (non-hydrogen) atoms. The zero-order valence-corrected chi connectivity index (χ0v) is 13.5. The number of ketones is 1. The highest BCUT2D eigenvalue weighted by Crippen LogP contribution is 2.42. The fourth-order valence-electron chi connectivity index (χ4n) is 2.20. The van der Waals surface area contributed by atoms with Crippen LogP contribution in [0.15, 0.2) is 32.2 Å². The summed E-state index contributed by atoms with van der Waals surface area (Å²) in [4.78, 5) is 12.5. The van der Waals surface area contributed by atoms with Gasteiger partial charge in [0.05, 0.1) is 21.8 Å². The van der Waals surface area contributed by atoms with Crippen molar-refractivity contribution in [3.8, 4) is 0 Å². The minimum absolute atomic E-state index is 0.0848. The van der Waals surface area contributed by atoms with E-state index in [1.165, 1.54) is 24.6 Å². The van der Waals surface area contributed by atoms with Crippen molar-refractivity contribution in [1.82, 2.24) is 5.16 Å². The van der Waals surface area contributed by atoms with E-state index in [4.69, 9.17) is 4.52 Å². The first kappa shape index (κ1) is 14.7. The van der Waals surface area contributed by atoms with Gasteiger partial charge in [0.1, 0.15) is 6.26 Å². The molecule has 4 nitrogen and oxygen atoms in total. The number of hydrogen-bond donors (Lipinski definition) is 0. The Balaban J connectivity index is 2.09. The van der Waals surface area contributed by atoms with Crippen LogP contribution in [0.25, 0.3) is 0 Å². The standard InChI is InChI=1S/C14H11BrFNO3S/c1-21(19)14-8(4-5-10(15)11(14)16)12(18)9-6-17-20-13(9)7-2-3-7/h4-7H,2-3H2,1H3. The van der Waals surface area contributed by atoms with Gasteiger partial charge in [-0.15, -0.1) is 0 Å². The van der Waals surface area contributed by atoms with Crippen molar-refractivity contribution in [1.29, 1.82) is 0 Å². The quantitative estimate of drug-likeness (QED) is 0.609. The summed E-state index contributed by atoms with van der Waals surface area (Å²) in [5, 5.41) is 3.67. The maximum atomic E-state index is 14.2. The minimum atomic E-state index is -1.62. The Bertz CT molecular complexity index is 712. The average Bonchev–Trinajstić information content (AvgIpc) is 3.17. The van der Waals surface area contributed by atoms with E-state index < -0.39 is 22.8 Å². The molecule has 1 saturated carbocycles. The lowest BCUT2D eigenvalue weighted by Gasteiger charge is -2.11. The topological polar surface area (TPSA) is 66.2 Å². The Morgan fingerprint density at radius 3 is 2.81 bits per heavy atom.